The molecule has 9 rings (SSSR count). The Bertz CT molecular complexity index is 2920. The molecule has 2 heterocycles. The van der Waals surface area contributed by atoms with E-state index in [0.717, 1.165) is 77.2 Å². The van der Waals surface area contributed by atoms with Crippen LogP contribution >= 0.6 is 0 Å². The van der Waals surface area contributed by atoms with Gasteiger partial charge in [0.05, 0.1) is 57.2 Å². The highest BCUT2D eigenvalue weighted by Crippen LogP contribution is 2.41. The molecule has 0 bridgehead atoms. The molecular weight excluding hydrogens is 611 g/mol. The van der Waals surface area contributed by atoms with Gasteiger partial charge in [0, 0.05) is 21.7 Å². The van der Waals surface area contributed by atoms with Gasteiger partial charge in [-0.15, -0.1) is 0 Å². The molecule has 0 aliphatic carbocycles. The van der Waals surface area contributed by atoms with E-state index in [0.29, 0.717) is 16.8 Å². The second-order valence-electron chi connectivity index (χ2n) is 12.3. The van der Waals surface area contributed by atoms with Crippen molar-refractivity contribution in [2.24, 2.45) is 0 Å². The van der Waals surface area contributed by atoms with Crippen molar-refractivity contribution in [1.29, 1.82) is 10.5 Å². The standard InChI is InChI=1S/C45H25N5/c1-48-39-16-9-15-37-38-24-29(27-46)20-22-44(38)50(45(37)39)41-17-5-2-12-34(41)32-11-8-10-30(25-32)31-21-23-40(33(26-31)28-47)49-42-18-6-3-13-35(42)36-14-4-7-19-43(36)49/h2-26H. The lowest BCUT2D eigenvalue weighted by Crippen LogP contribution is -1.98. The molecule has 0 aliphatic heterocycles. The predicted octanol–water partition coefficient (Wildman–Crippen LogP) is 11.5. The zero-order chi connectivity index (χ0) is 33.8. The molecule has 0 radical (unpaired) electrons. The molecule has 0 aliphatic rings. The number of nitriles is 2. The third kappa shape index (κ3) is 4.31. The van der Waals surface area contributed by atoms with Gasteiger partial charge in [-0.1, -0.05) is 97.1 Å². The minimum atomic E-state index is 0.549. The Morgan fingerprint density at radius 1 is 0.480 bits per heavy atom. The molecule has 0 unspecified atom stereocenters. The molecule has 5 heteroatoms. The summed E-state index contributed by atoms with van der Waals surface area (Å²) >= 11 is 0. The SMILES string of the molecule is [C-]#[N+]c1cccc2c3cc(C#N)ccc3n(-c3ccccc3-c3cccc(-c4ccc(-n5c6ccccc6c6ccccc65)c(C#N)c4)c3)c12. The van der Waals surface area contributed by atoms with Crippen LogP contribution < -0.4 is 0 Å². The van der Waals surface area contributed by atoms with E-state index >= 15 is 0 Å². The molecule has 0 spiro atoms. The molecule has 0 saturated carbocycles. The number of rotatable bonds is 4. The summed E-state index contributed by atoms with van der Waals surface area (Å²) in [5.74, 6) is 0. The molecule has 2 aromatic heterocycles. The third-order valence-electron chi connectivity index (χ3n) is 9.61. The molecule has 0 fully saturated rings. The van der Waals surface area contributed by atoms with Crippen molar-refractivity contribution < 1.29 is 0 Å². The summed E-state index contributed by atoms with van der Waals surface area (Å²) in [5.41, 5.74) is 11.3. The maximum absolute atomic E-state index is 10.5. The average Bonchev–Trinajstić information content (AvgIpc) is 3.70. The van der Waals surface area contributed by atoms with Gasteiger partial charge in [-0.05, 0) is 76.7 Å². The van der Waals surface area contributed by atoms with Gasteiger partial charge >= 0.3 is 0 Å². The molecule has 7 aromatic carbocycles. The van der Waals surface area contributed by atoms with Crippen LogP contribution in [0.25, 0.3) is 82.1 Å². The van der Waals surface area contributed by atoms with Crippen molar-refractivity contribution in [3.05, 3.63) is 174 Å². The first kappa shape index (κ1) is 28.8. The molecule has 0 amide bonds. The summed E-state index contributed by atoms with van der Waals surface area (Å²) < 4.78 is 4.33. The molecule has 230 valence electrons. The lowest BCUT2D eigenvalue weighted by Gasteiger charge is -2.16. The third-order valence-corrected chi connectivity index (χ3v) is 9.61. The second-order valence-corrected chi connectivity index (χ2v) is 12.3. The number of para-hydroxylation sites is 4. The molecule has 0 atom stereocenters. The smallest absolute Gasteiger partial charge is 0.211 e. The fourth-order valence-electron chi connectivity index (χ4n) is 7.42. The topological polar surface area (TPSA) is 61.8 Å². The summed E-state index contributed by atoms with van der Waals surface area (Å²) in [4.78, 5) is 3.89. The summed E-state index contributed by atoms with van der Waals surface area (Å²) in [6.45, 7) is 7.99. The van der Waals surface area contributed by atoms with Crippen molar-refractivity contribution in [3.8, 4) is 45.8 Å². The van der Waals surface area contributed by atoms with Crippen LogP contribution in [0.3, 0.4) is 0 Å². The fourth-order valence-corrected chi connectivity index (χ4v) is 7.42. The van der Waals surface area contributed by atoms with Gasteiger partial charge in [-0.25, -0.2) is 4.85 Å². The summed E-state index contributed by atoms with van der Waals surface area (Å²) in [7, 11) is 0. The Hall–Kier alpha value is -7.39. The Balaban J connectivity index is 1.20. The minimum absolute atomic E-state index is 0.549. The molecule has 0 N–H and O–H groups in total. The van der Waals surface area contributed by atoms with Gasteiger partial charge in [0.15, 0.2) is 0 Å². The summed E-state index contributed by atoms with van der Waals surface area (Å²) in [6, 6.07) is 55.5. The van der Waals surface area contributed by atoms with Crippen molar-refractivity contribution in [3.63, 3.8) is 0 Å². The van der Waals surface area contributed by atoms with Crippen LogP contribution in [-0.4, -0.2) is 9.13 Å². The Morgan fingerprint density at radius 2 is 1.14 bits per heavy atom. The van der Waals surface area contributed by atoms with Gasteiger partial charge < -0.3 is 9.13 Å². The largest absolute Gasteiger partial charge is 0.318 e. The first-order valence-electron chi connectivity index (χ1n) is 16.3. The first-order chi connectivity index (χ1) is 24.7. The maximum Gasteiger partial charge on any atom is 0.211 e. The van der Waals surface area contributed by atoms with E-state index < -0.39 is 0 Å². The van der Waals surface area contributed by atoms with Crippen LogP contribution in [-0.2, 0) is 0 Å². The van der Waals surface area contributed by atoms with E-state index in [1.165, 1.54) is 0 Å². The predicted molar refractivity (Wildman–Crippen MR) is 202 cm³/mol. The number of nitrogens with zero attached hydrogens (tertiary/aromatic N) is 5. The van der Waals surface area contributed by atoms with Gasteiger partial charge in [-0.2, -0.15) is 10.5 Å². The Morgan fingerprint density at radius 3 is 1.90 bits per heavy atom. The van der Waals surface area contributed by atoms with Crippen LogP contribution in [0.5, 0.6) is 0 Å². The van der Waals surface area contributed by atoms with E-state index in [4.69, 9.17) is 6.57 Å². The number of benzene rings is 7. The van der Waals surface area contributed by atoms with Gasteiger partial charge in [-0.3, -0.25) is 0 Å². The van der Waals surface area contributed by atoms with E-state index in [-0.39, 0.29) is 0 Å². The lowest BCUT2D eigenvalue weighted by atomic mass is 9.96. The zero-order valence-corrected chi connectivity index (χ0v) is 26.7. The van der Waals surface area contributed by atoms with Crippen LogP contribution in [0.2, 0.25) is 0 Å². The minimum Gasteiger partial charge on any atom is -0.318 e. The molecular formula is C45H25N5. The fraction of sp³-hybridized carbons (Fsp3) is 0. The van der Waals surface area contributed by atoms with Gasteiger partial charge in [0.1, 0.15) is 6.07 Å². The van der Waals surface area contributed by atoms with Crippen molar-refractivity contribution >= 4 is 49.3 Å². The Kier molecular flexibility index (Phi) is 6.56. The Labute approximate surface area is 288 Å². The monoisotopic (exact) mass is 635 g/mol. The van der Waals surface area contributed by atoms with Crippen LogP contribution in [0.4, 0.5) is 5.69 Å². The van der Waals surface area contributed by atoms with E-state index in [1.54, 1.807) is 0 Å². The lowest BCUT2D eigenvalue weighted by molar-refractivity contribution is 1.17. The highest BCUT2D eigenvalue weighted by molar-refractivity contribution is 6.14. The normalized spacial score (nSPS) is 11.1. The maximum atomic E-state index is 10.5. The van der Waals surface area contributed by atoms with Crippen molar-refractivity contribution in [2.75, 3.05) is 0 Å². The highest BCUT2D eigenvalue weighted by Gasteiger charge is 2.19. The van der Waals surface area contributed by atoms with Crippen LogP contribution in [0, 0.1) is 29.2 Å². The van der Waals surface area contributed by atoms with Crippen molar-refractivity contribution in [2.45, 2.75) is 0 Å². The first-order valence-corrected chi connectivity index (χ1v) is 16.3. The molecule has 9 aromatic rings. The average molecular weight is 636 g/mol. The zero-order valence-electron chi connectivity index (χ0n) is 26.7. The highest BCUT2D eigenvalue weighted by atomic mass is 15.0. The number of fused-ring (bicyclic) bond motifs is 6. The summed E-state index contributed by atoms with van der Waals surface area (Å²) in [5, 5.41) is 24.3. The van der Waals surface area contributed by atoms with Crippen molar-refractivity contribution in [1.82, 2.24) is 9.13 Å². The molecule has 5 nitrogen and oxygen atoms in total. The van der Waals surface area contributed by atoms with E-state index in [2.05, 4.69) is 86.8 Å². The van der Waals surface area contributed by atoms with Crippen LogP contribution in [0.15, 0.2) is 152 Å². The number of hydrogen-bond acceptors (Lipinski definition) is 2. The van der Waals surface area contributed by atoms with Gasteiger partial charge in [0.25, 0.3) is 0 Å². The second kappa shape index (κ2) is 11.4. The van der Waals surface area contributed by atoms with Gasteiger partial charge in [0.2, 0.25) is 5.69 Å². The number of aromatic nitrogens is 2. The number of hydrogen-bond donors (Lipinski definition) is 0. The van der Waals surface area contributed by atoms with E-state index in [1.807, 2.05) is 91.0 Å². The van der Waals surface area contributed by atoms with E-state index in [9.17, 15) is 10.5 Å². The quantitative estimate of drug-likeness (QED) is 0.181. The molecule has 0 saturated heterocycles. The van der Waals surface area contributed by atoms with Crippen LogP contribution in [0.1, 0.15) is 11.1 Å². The molecule has 50 heavy (non-hydrogen) atoms. The summed E-state index contributed by atoms with van der Waals surface area (Å²) in [6.07, 6.45) is 0.